The van der Waals surface area contributed by atoms with Crippen LogP contribution < -0.4 is 10.5 Å². The number of hydrogen-bond acceptors (Lipinski definition) is 5. The largest absolute Gasteiger partial charge is 0.497 e. The Hall–Kier alpha value is -3.28. The van der Waals surface area contributed by atoms with Crippen LogP contribution in [0, 0.1) is 0 Å². The number of carbonyl (C=O) groups is 1. The molecule has 3 rings (SSSR count). The van der Waals surface area contributed by atoms with E-state index in [2.05, 4.69) is 15.0 Å². The summed E-state index contributed by atoms with van der Waals surface area (Å²) < 4.78 is 5.12. The third kappa shape index (κ3) is 3.01. The molecule has 1 aromatic carbocycles. The van der Waals surface area contributed by atoms with Crippen molar-refractivity contribution < 1.29 is 9.53 Å². The van der Waals surface area contributed by atoms with Crippen LogP contribution >= 0.6 is 0 Å². The zero-order valence-corrected chi connectivity index (χ0v) is 12.4. The molecule has 2 aromatic heterocycles. The molecule has 0 saturated carbocycles. The minimum atomic E-state index is -0.610. The lowest BCUT2D eigenvalue weighted by atomic mass is 10.1. The van der Waals surface area contributed by atoms with Crippen LogP contribution in [-0.4, -0.2) is 28.0 Å². The Balaban J connectivity index is 2.07. The lowest BCUT2D eigenvalue weighted by molar-refractivity contribution is 0.0996. The van der Waals surface area contributed by atoms with Crippen LogP contribution in [0.2, 0.25) is 0 Å². The number of amides is 1. The molecule has 2 N–H and O–H groups in total. The Bertz CT molecular complexity index is 833. The highest BCUT2D eigenvalue weighted by molar-refractivity contribution is 5.98. The van der Waals surface area contributed by atoms with Gasteiger partial charge in [0.05, 0.1) is 7.11 Å². The predicted octanol–water partition coefficient (Wildman–Crippen LogP) is 2.31. The van der Waals surface area contributed by atoms with Crippen LogP contribution in [0.25, 0.3) is 22.5 Å². The second kappa shape index (κ2) is 6.23. The Morgan fingerprint density at radius 1 is 1.09 bits per heavy atom. The number of methoxy groups -OCH3 is 1. The Labute approximate surface area is 133 Å². The van der Waals surface area contributed by atoms with E-state index in [9.17, 15) is 4.79 Å². The van der Waals surface area contributed by atoms with Gasteiger partial charge in [-0.05, 0) is 30.3 Å². The van der Waals surface area contributed by atoms with Gasteiger partial charge in [-0.3, -0.25) is 9.78 Å². The summed E-state index contributed by atoms with van der Waals surface area (Å²) in [4.78, 5) is 24.5. The minimum Gasteiger partial charge on any atom is -0.497 e. The summed E-state index contributed by atoms with van der Waals surface area (Å²) in [5.41, 5.74) is 7.71. The van der Waals surface area contributed by atoms with E-state index in [0.717, 1.165) is 16.9 Å². The van der Waals surface area contributed by atoms with E-state index in [1.54, 1.807) is 43.9 Å². The molecule has 2 heterocycles. The number of rotatable bonds is 4. The van der Waals surface area contributed by atoms with Crippen LogP contribution in [0.4, 0.5) is 0 Å². The van der Waals surface area contributed by atoms with Gasteiger partial charge in [-0.2, -0.15) is 0 Å². The van der Waals surface area contributed by atoms with Gasteiger partial charge in [0.25, 0.3) is 5.91 Å². The maximum atomic E-state index is 11.8. The number of nitrogens with zero attached hydrogens (tertiary/aromatic N) is 3. The molecule has 0 spiro atoms. The standard InChI is InChI=1S/C17H14N4O2/c1-23-13-6-4-11(5-7-13)17-20-10-14(15(21-17)16(18)22)12-3-2-8-19-9-12/h2-10H,1H3,(H2,18,22). The molecule has 0 aliphatic heterocycles. The van der Waals surface area contributed by atoms with Crippen molar-refractivity contribution >= 4 is 5.91 Å². The maximum Gasteiger partial charge on any atom is 0.268 e. The fraction of sp³-hybridized carbons (Fsp3) is 0.0588. The quantitative estimate of drug-likeness (QED) is 0.798. The number of pyridine rings is 1. The van der Waals surface area contributed by atoms with Crippen molar-refractivity contribution in [2.75, 3.05) is 7.11 Å². The summed E-state index contributed by atoms with van der Waals surface area (Å²) in [7, 11) is 1.60. The summed E-state index contributed by atoms with van der Waals surface area (Å²) in [5.74, 6) is 0.547. The topological polar surface area (TPSA) is 91.0 Å². The van der Waals surface area contributed by atoms with Crippen molar-refractivity contribution in [3.8, 4) is 28.3 Å². The number of hydrogen-bond donors (Lipinski definition) is 1. The van der Waals surface area contributed by atoms with Crippen molar-refractivity contribution in [1.29, 1.82) is 0 Å². The van der Waals surface area contributed by atoms with Gasteiger partial charge in [-0.25, -0.2) is 9.97 Å². The fourth-order valence-corrected chi connectivity index (χ4v) is 2.18. The van der Waals surface area contributed by atoms with Crippen molar-refractivity contribution in [3.63, 3.8) is 0 Å². The van der Waals surface area contributed by atoms with Crippen molar-refractivity contribution in [2.45, 2.75) is 0 Å². The lowest BCUT2D eigenvalue weighted by Gasteiger charge is -2.08. The van der Waals surface area contributed by atoms with Gasteiger partial charge in [-0.15, -0.1) is 0 Å². The predicted molar refractivity (Wildman–Crippen MR) is 85.8 cm³/mol. The SMILES string of the molecule is COc1ccc(-c2ncc(-c3cccnc3)c(C(N)=O)n2)cc1. The zero-order chi connectivity index (χ0) is 16.2. The van der Waals surface area contributed by atoms with Gasteiger partial charge in [0, 0.05) is 35.3 Å². The molecule has 0 aliphatic rings. The average molecular weight is 306 g/mol. The third-order valence-corrected chi connectivity index (χ3v) is 3.34. The van der Waals surface area contributed by atoms with Crippen molar-refractivity contribution in [3.05, 3.63) is 60.7 Å². The zero-order valence-electron chi connectivity index (χ0n) is 12.4. The molecule has 3 aromatic rings. The molecule has 23 heavy (non-hydrogen) atoms. The molecule has 0 atom stereocenters. The molecule has 0 aliphatic carbocycles. The van der Waals surface area contributed by atoms with Gasteiger partial charge in [0.1, 0.15) is 11.4 Å². The Kier molecular flexibility index (Phi) is 3.97. The summed E-state index contributed by atoms with van der Waals surface area (Å²) in [5, 5.41) is 0. The monoisotopic (exact) mass is 306 g/mol. The smallest absolute Gasteiger partial charge is 0.268 e. The van der Waals surface area contributed by atoms with Gasteiger partial charge < -0.3 is 10.5 Å². The Morgan fingerprint density at radius 3 is 2.48 bits per heavy atom. The molecular weight excluding hydrogens is 292 g/mol. The van der Waals surface area contributed by atoms with Crippen LogP contribution in [0.1, 0.15) is 10.5 Å². The summed E-state index contributed by atoms with van der Waals surface area (Å²) in [6.45, 7) is 0. The first-order valence-corrected chi connectivity index (χ1v) is 6.90. The van der Waals surface area contributed by atoms with E-state index in [1.165, 1.54) is 0 Å². The van der Waals surface area contributed by atoms with Gasteiger partial charge >= 0.3 is 0 Å². The average Bonchev–Trinajstić information content (AvgIpc) is 2.62. The molecule has 1 amide bonds. The van der Waals surface area contributed by atoms with E-state index in [1.807, 2.05) is 18.2 Å². The molecule has 0 saturated heterocycles. The van der Waals surface area contributed by atoms with Crippen LogP contribution in [0.5, 0.6) is 5.75 Å². The summed E-state index contributed by atoms with van der Waals surface area (Å²) in [6.07, 6.45) is 4.88. The number of benzene rings is 1. The van der Waals surface area contributed by atoms with E-state index in [4.69, 9.17) is 10.5 Å². The second-order valence-corrected chi connectivity index (χ2v) is 4.79. The number of primary amides is 1. The van der Waals surface area contributed by atoms with Crippen molar-refractivity contribution in [2.24, 2.45) is 5.73 Å². The highest BCUT2D eigenvalue weighted by Gasteiger charge is 2.15. The highest BCUT2D eigenvalue weighted by Crippen LogP contribution is 2.24. The van der Waals surface area contributed by atoms with E-state index in [0.29, 0.717) is 11.4 Å². The van der Waals surface area contributed by atoms with Gasteiger partial charge in [0.2, 0.25) is 0 Å². The minimum absolute atomic E-state index is 0.166. The van der Waals surface area contributed by atoms with Crippen LogP contribution in [0.15, 0.2) is 55.0 Å². The molecule has 6 heteroatoms. The number of nitrogens with two attached hydrogens (primary N) is 1. The third-order valence-electron chi connectivity index (χ3n) is 3.34. The molecule has 114 valence electrons. The maximum absolute atomic E-state index is 11.8. The van der Waals surface area contributed by atoms with Gasteiger partial charge in [0.15, 0.2) is 5.82 Å². The number of ether oxygens (including phenoxy) is 1. The molecular formula is C17H14N4O2. The normalized spacial score (nSPS) is 10.3. The fourth-order valence-electron chi connectivity index (χ4n) is 2.18. The van der Waals surface area contributed by atoms with Crippen LogP contribution in [-0.2, 0) is 0 Å². The molecule has 0 fully saturated rings. The second-order valence-electron chi connectivity index (χ2n) is 4.79. The molecule has 6 nitrogen and oxygen atoms in total. The summed E-state index contributed by atoms with van der Waals surface area (Å²) >= 11 is 0. The summed E-state index contributed by atoms with van der Waals surface area (Å²) in [6, 6.07) is 10.9. The number of carbonyl (C=O) groups excluding carboxylic acids is 1. The van der Waals surface area contributed by atoms with Crippen molar-refractivity contribution in [1.82, 2.24) is 15.0 Å². The first kappa shape index (κ1) is 14.6. The van der Waals surface area contributed by atoms with E-state index >= 15 is 0 Å². The lowest BCUT2D eigenvalue weighted by Crippen LogP contribution is -2.15. The van der Waals surface area contributed by atoms with Crippen LogP contribution in [0.3, 0.4) is 0 Å². The van der Waals surface area contributed by atoms with Gasteiger partial charge in [-0.1, -0.05) is 6.07 Å². The first-order valence-electron chi connectivity index (χ1n) is 6.90. The van der Waals surface area contributed by atoms with E-state index < -0.39 is 5.91 Å². The Morgan fingerprint density at radius 2 is 1.87 bits per heavy atom. The molecule has 0 radical (unpaired) electrons. The first-order chi connectivity index (χ1) is 11.2. The number of aromatic nitrogens is 3. The highest BCUT2D eigenvalue weighted by atomic mass is 16.5. The molecule has 0 unspecified atom stereocenters. The molecule has 0 bridgehead atoms. The van der Waals surface area contributed by atoms with E-state index in [-0.39, 0.29) is 5.69 Å².